The smallest absolute Gasteiger partial charge is 0.282 e. The molecule has 7 nitrogen and oxygen atoms in total. The number of hydrogen-bond acceptors (Lipinski definition) is 6. The van der Waals surface area contributed by atoms with Crippen LogP contribution in [0.1, 0.15) is 15.9 Å². The van der Waals surface area contributed by atoms with Gasteiger partial charge in [0, 0.05) is 11.1 Å². The summed E-state index contributed by atoms with van der Waals surface area (Å²) >= 11 is 1.05. The van der Waals surface area contributed by atoms with Crippen LogP contribution >= 0.6 is 11.8 Å². The highest BCUT2D eigenvalue weighted by Gasteiger charge is 2.27. The molecule has 0 atom stereocenters. The van der Waals surface area contributed by atoms with Gasteiger partial charge in [-0.1, -0.05) is 42.5 Å². The van der Waals surface area contributed by atoms with E-state index in [1.807, 2.05) is 0 Å². The average Bonchev–Trinajstić information content (AvgIpc) is 3.19. The molecule has 0 bridgehead atoms. The summed E-state index contributed by atoms with van der Waals surface area (Å²) in [4.78, 5) is 17.1. The monoisotopic (exact) mass is 396 g/mol. The summed E-state index contributed by atoms with van der Waals surface area (Å²) in [7, 11) is -3.92. The number of aromatic amines is 1. The van der Waals surface area contributed by atoms with E-state index in [4.69, 9.17) is 0 Å². The Kier molecular flexibility index (Phi) is 4.46. The van der Waals surface area contributed by atoms with Crippen molar-refractivity contribution in [3.63, 3.8) is 0 Å². The lowest BCUT2D eigenvalue weighted by Gasteiger charge is -2.16. The summed E-state index contributed by atoms with van der Waals surface area (Å²) in [5.41, 5.74) is 1.06. The summed E-state index contributed by atoms with van der Waals surface area (Å²) in [6.07, 6.45) is 2.87. The van der Waals surface area contributed by atoms with Crippen molar-refractivity contribution in [1.82, 2.24) is 15.2 Å². The van der Waals surface area contributed by atoms with E-state index in [1.54, 1.807) is 42.5 Å². The molecule has 0 saturated carbocycles. The van der Waals surface area contributed by atoms with E-state index in [2.05, 4.69) is 19.6 Å². The van der Waals surface area contributed by atoms with Crippen molar-refractivity contribution in [3.05, 3.63) is 83.0 Å². The topological polar surface area (TPSA) is 105 Å². The van der Waals surface area contributed by atoms with Crippen LogP contribution in [-0.4, -0.2) is 35.1 Å². The molecule has 9 heteroatoms. The van der Waals surface area contributed by atoms with E-state index >= 15 is 0 Å². The fourth-order valence-corrected chi connectivity index (χ4v) is 4.37. The molecule has 0 aliphatic heterocycles. The van der Waals surface area contributed by atoms with Crippen molar-refractivity contribution in [2.75, 3.05) is 0 Å². The van der Waals surface area contributed by atoms with Gasteiger partial charge < -0.3 is 0 Å². The maximum absolute atomic E-state index is 12.8. The molecule has 4 rings (SSSR count). The molecule has 0 unspecified atom stereocenters. The Hall–Kier alpha value is -3.04. The Bertz CT molecular complexity index is 1170. The predicted octanol–water partition coefficient (Wildman–Crippen LogP) is 2.86. The minimum Gasteiger partial charge on any atom is -0.288 e. The number of carbonyl (C=O) groups excluding carboxylic acids is 1. The number of thioether (sulfide) groups is 1. The molecular formula is C18H12N4O3S2. The molecule has 0 amide bonds. The van der Waals surface area contributed by atoms with Gasteiger partial charge in [0.25, 0.3) is 10.0 Å². The van der Waals surface area contributed by atoms with Crippen molar-refractivity contribution in [2.24, 2.45) is 4.40 Å². The maximum Gasteiger partial charge on any atom is 0.282 e. The molecular weight excluding hydrogens is 384 g/mol. The van der Waals surface area contributed by atoms with E-state index in [9.17, 15) is 13.2 Å². The molecule has 0 saturated heterocycles. The second-order valence-electron chi connectivity index (χ2n) is 5.53. The first kappa shape index (κ1) is 17.4. The Morgan fingerprint density at radius 1 is 0.963 bits per heavy atom. The second-order valence-corrected chi connectivity index (χ2v) is 8.14. The lowest BCUT2D eigenvalue weighted by atomic mass is 9.94. The third kappa shape index (κ3) is 3.46. The van der Waals surface area contributed by atoms with Crippen LogP contribution in [0.5, 0.6) is 0 Å². The van der Waals surface area contributed by atoms with E-state index in [1.165, 1.54) is 24.5 Å². The molecule has 1 aromatic heterocycles. The normalized spacial score (nSPS) is 15.5. The first-order valence-corrected chi connectivity index (χ1v) is 10.1. The van der Waals surface area contributed by atoms with E-state index < -0.39 is 10.0 Å². The van der Waals surface area contributed by atoms with Crippen molar-refractivity contribution in [3.8, 4) is 0 Å². The van der Waals surface area contributed by atoms with Gasteiger partial charge in [-0.3, -0.25) is 9.89 Å². The number of aromatic nitrogens is 3. The zero-order valence-corrected chi connectivity index (χ0v) is 15.4. The van der Waals surface area contributed by atoms with Crippen LogP contribution in [-0.2, 0) is 10.0 Å². The average molecular weight is 396 g/mol. The molecule has 0 fully saturated rings. The first-order chi connectivity index (χ1) is 13.0. The zero-order chi connectivity index (χ0) is 18.9. The number of nitrogens with zero attached hydrogens (tertiary/aromatic N) is 3. The third-order valence-corrected chi connectivity index (χ3v) is 6.00. The highest BCUT2D eigenvalue weighted by molar-refractivity contribution is 8.04. The standard InChI is InChI=1S/C18H12N4O3S2/c23-17-14-9-5-4-8-13(14)15(10-16(17)26-18-19-11-20-21-18)22-27(24,25)12-6-2-1-3-7-12/h1-11H,(H,19,20,21). The molecule has 3 aromatic rings. The van der Waals surface area contributed by atoms with Crippen LogP contribution in [0.3, 0.4) is 0 Å². The molecule has 1 heterocycles. The van der Waals surface area contributed by atoms with Gasteiger partial charge in [-0.15, -0.1) is 5.10 Å². The maximum atomic E-state index is 12.8. The van der Waals surface area contributed by atoms with Crippen molar-refractivity contribution in [1.29, 1.82) is 0 Å². The Balaban J connectivity index is 1.84. The summed E-state index contributed by atoms with van der Waals surface area (Å²) in [6, 6.07) is 14.7. The van der Waals surface area contributed by atoms with Gasteiger partial charge in [-0.2, -0.15) is 12.8 Å². The van der Waals surface area contributed by atoms with Crippen LogP contribution in [0.25, 0.3) is 0 Å². The van der Waals surface area contributed by atoms with Gasteiger partial charge >= 0.3 is 0 Å². The van der Waals surface area contributed by atoms with E-state index in [-0.39, 0.29) is 16.4 Å². The van der Waals surface area contributed by atoms with Crippen molar-refractivity contribution in [2.45, 2.75) is 10.1 Å². The number of hydrogen-bond donors (Lipinski definition) is 1. The Labute approximate surface area is 159 Å². The number of Topliss-reactive ketones (excluding diaryl/α,β-unsaturated/α-hetero) is 1. The zero-order valence-electron chi connectivity index (χ0n) is 13.7. The number of ketones is 1. The number of nitrogens with one attached hydrogen (secondary N) is 1. The second kappa shape index (κ2) is 6.93. The summed E-state index contributed by atoms with van der Waals surface area (Å²) in [6.45, 7) is 0. The number of rotatable bonds is 4. The van der Waals surface area contributed by atoms with E-state index in [0.29, 0.717) is 21.2 Å². The van der Waals surface area contributed by atoms with Crippen molar-refractivity contribution >= 4 is 33.3 Å². The number of fused-ring (bicyclic) bond motifs is 1. The summed E-state index contributed by atoms with van der Waals surface area (Å²) in [5, 5.41) is 6.86. The highest BCUT2D eigenvalue weighted by atomic mass is 32.2. The number of carbonyl (C=O) groups is 1. The molecule has 2 aromatic carbocycles. The van der Waals surface area contributed by atoms with Crippen LogP contribution in [0.15, 0.2) is 86.4 Å². The molecule has 0 radical (unpaired) electrons. The summed E-state index contributed by atoms with van der Waals surface area (Å²) in [5.74, 6) is -0.226. The number of sulfonamides is 1. The number of benzene rings is 2. The SMILES string of the molecule is O=C1C(Sc2nc[nH]n2)=CC(=NS(=O)(=O)c2ccccc2)c2ccccc21. The van der Waals surface area contributed by atoms with Gasteiger partial charge in [0.1, 0.15) is 6.33 Å². The highest BCUT2D eigenvalue weighted by Crippen LogP contribution is 2.32. The quantitative estimate of drug-likeness (QED) is 0.727. The number of H-pyrrole nitrogens is 1. The molecule has 27 heavy (non-hydrogen) atoms. The van der Waals surface area contributed by atoms with Crippen LogP contribution < -0.4 is 0 Å². The lowest BCUT2D eigenvalue weighted by Crippen LogP contribution is -2.17. The van der Waals surface area contributed by atoms with Gasteiger partial charge in [0.15, 0.2) is 0 Å². The Morgan fingerprint density at radius 2 is 1.67 bits per heavy atom. The molecule has 134 valence electrons. The molecule has 1 aliphatic rings. The van der Waals surface area contributed by atoms with Gasteiger partial charge in [-0.05, 0) is 30.0 Å². The molecule has 0 spiro atoms. The molecule has 1 N–H and O–H groups in total. The van der Waals surface area contributed by atoms with Crippen LogP contribution in [0.4, 0.5) is 0 Å². The van der Waals surface area contributed by atoms with Crippen LogP contribution in [0, 0.1) is 0 Å². The molecule has 1 aliphatic carbocycles. The first-order valence-electron chi connectivity index (χ1n) is 7.84. The largest absolute Gasteiger partial charge is 0.288 e. The summed E-state index contributed by atoms with van der Waals surface area (Å²) < 4.78 is 29.3. The van der Waals surface area contributed by atoms with Gasteiger partial charge in [0.05, 0.1) is 15.5 Å². The fraction of sp³-hybridized carbons (Fsp3) is 0. The van der Waals surface area contributed by atoms with Gasteiger partial charge in [0.2, 0.25) is 10.9 Å². The van der Waals surface area contributed by atoms with Gasteiger partial charge in [-0.25, -0.2) is 4.98 Å². The Morgan fingerprint density at radius 3 is 2.37 bits per heavy atom. The number of allylic oxidation sites excluding steroid dienone is 2. The third-order valence-electron chi connectivity index (χ3n) is 3.79. The minimum absolute atomic E-state index is 0.0865. The lowest BCUT2D eigenvalue weighted by molar-refractivity contribution is 0.104. The minimum atomic E-state index is -3.92. The predicted molar refractivity (Wildman–Crippen MR) is 101 cm³/mol. The van der Waals surface area contributed by atoms with Crippen molar-refractivity contribution < 1.29 is 13.2 Å². The fourth-order valence-electron chi connectivity index (χ4n) is 2.58. The van der Waals surface area contributed by atoms with E-state index in [0.717, 1.165) is 11.8 Å². The van der Waals surface area contributed by atoms with Crippen LogP contribution in [0.2, 0.25) is 0 Å².